The summed E-state index contributed by atoms with van der Waals surface area (Å²) in [5.74, 6) is -1.29. The zero-order valence-corrected chi connectivity index (χ0v) is 20.3. The molecular weight excluding hydrogens is 443 g/mol. The molecule has 35 heavy (non-hydrogen) atoms. The van der Waals surface area contributed by atoms with Gasteiger partial charge in [0.15, 0.2) is 0 Å². The molecule has 0 unspecified atom stereocenters. The van der Waals surface area contributed by atoms with E-state index in [1.54, 1.807) is 6.07 Å². The fourth-order valence-corrected chi connectivity index (χ4v) is 6.04. The third kappa shape index (κ3) is 4.53. The number of aromatic nitrogens is 2. The third-order valence-corrected chi connectivity index (χ3v) is 7.87. The van der Waals surface area contributed by atoms with Crippen LogP contribution in [0, 0.1) is 5.95 Å². The molecule has 2 N–H and O–H groups in total. The summed E-state index contributed by atoms with van der Waals surface area (Å²) in [6, 6.07) is 8.15. The summed E-state index contributed by atoms with van der Waals surface area (Å²) < 4.78 is 14.8. The highest BCUT2D eigenvalue weighted by Gasteiger charge is 2.58. The van der Waals surface area contributed by atoms with Gasteiger partial charge in [-0.25, -0.2) is 4.98 Å². The second kappa shape index (κ2) is 8.80. The van der Waals surface area contributed by atoms with E-state index in [2.05, 4.69) is 26.3 Å². The fraction of sp³-hybridized carbons (Fsp3) is 0.560. The number of rotatable bonds is 6. The van der Waals surface area contributed by atoms with Crippen LogP contribution in [0.2, 0.25) is 0 Å². The molecule has 1 saturated carbocycles. The number of anilines is 1. The van der Waals surface area contributed by atoms with Gasteiger partial charge in [-0.1, -0.05) is 19.9 Å². The molecule has 4 radical (unpaired) electrons. The van der Waals surface area contributed by atoms with Crippen molar-refractivity contribution in [3.8, 4) is 0 Å². The van der Waals surface area contributed by atoms with Gasteiger partial charge in [0.05, 0.1) is 21.4 Å². The van der Waals surface area contributed by atoms with Crippen molar-refractivity contribution < 1.29 is 9.18 Å². The number of aromatic amines is 1. The molecule has 3 saturated heterocycles. The minimum Gasteiger partial charge on any atom is -0.368 e. The molecule has 2 aromatic rings. The summed E-state index contributed by atoms with van der Waals surface area (Å²) in [7, 11) is 11.2. The predicted molar refractivity (Wildman–Crippen MR) is 135 cm³/mol. The van der Waals surface area contributed by atoms with Crippen LogP contribution in [0.15, 0.2) is 29.1 Å². The largest absolute Gasteiger partial charge is 0.368 e. The Morgan fingerprint density at radius 1 is 1.23 bits per heavy atom. The molecular formula is C25H30B2FN5O2. The highest BCUT2D eigenvalue weighted by molar-refractivity contribution is 6.40. The average Bonchev–Trinajstić information content (AvgIpc) is 3.35. The van der Waals surface area contributed by atoms with Crippen molar-refractivity contribution in [2.75, 3.05) is 24.5 Å². The van der Waals surface area contributed by atoms with Crippen molar-refractivity contribution in [3.63, 3.8) is 0 Å². The molecule has 0 spiro atoms. The lowest BCUT2D eigenvalue weighted by Gasteiger charge is -2.40. The Kier molecular flexibility index (Phi) is 6.06. The maximum absolute atomic E-state index is 14.8. The van der Waals surface area contributed by atoms with Crippen LogP contribution in [-0.2, 0) is 11.8 Å². The fourth-order valence-electron chi connectivity index (χ4n) is 6.04. The Balaban J connectivity index is 1.21. The van der Waals surface area contributed by atoms with Crippen molar-refractivity contribution in [1.29, 1.82) is 0 Å². The topological polar surface area (TPSA) is 81.3 Å². The van der Waals surface area contributed by atoms with Gasteiger partial charge in [0.2, 0.25) is 5.95 Å². The third-order valence-electron chi connectivity index (χ3n) is 7.87. The maximum Gasteiger partial charge on any atom is 0.269 e. The van der Waals surface area contributed by atoms with Crippen LogP contribution < -0.4 is 15.8 Å². The first-order valence-corrected chi connectivity index (χ1v) is 12.4. The highest BCUT2D eigenvalue weighted by atomic mass is 19.1. The molecule has 10 heteroatoms. The van der Waals surface area contributed by atoms with Crippen LogP contribution in [0.5, 0.6) is 0 Å². The lowest BCUT2D eigenvalue weighted by Crippen LogP contribution is -2.47. The number of piperidine rings is 1. The number of amides is 1. The SMILES string of the molecule is [B]C([B])(C)NC(=O)c1ccc(N2CCC(N3CC4(c5ccc(CC)c(=O)[nH]5)CC3C4)CC2)c(F)n1. The van der Waals surface area contributed by atoms with E-state index in [9.17, 15) is 14.0 Å². The van der Waals surface area contributed by atoms with E-state index < -0.39 is 17.2 Å². The summed E-state index contributed by atoms with van der Waals surface area (Å²) in [6.07, 6.45) is 4.77. The number of nitrogens with one attached hydrogen (secondary N) is 2. The quantitative estimate of drug-likeness (QED) is 0.493. The van der Waals surface area contributed by atoms with Crippen LogP contribution in [0.4, 0.5) is 10.1 Å². The second-order valence-corrected chi connectivity index (χ2v) is 10.6. The van der Waals surface area contributed by atoms with Crippen molar-refractivity contribution in [3.05, 3.63) is 57.5 Å². The van der Waals surface area contributed by atoms with Gasteiger partial charge in [0, 0.05) is 48.4 Å². The Morgan fingerprint density at radius 2 is 1.94 bits per heavy atom. The molecule has 0 atom stereocenters. The Hall–Kier alpha value is -2.61. The number of aryl methyl sites for hydroxylation is 1. The molecule has 2 bridgehead atoms. The van der Waals surface area contributed by atoms with Crippen molar-refractivity contribution in [1.82, 2.24) is 20.2 Å². The Labute approximate surface area is 207 Å². The Morgan fingerprint density at radius 3 is 2.54 bits per heavy atom. The molecule has 4 aliphatic rings. The lowest BCUT2D eigenvalue weighted by molar-refractivity contribution is 0.0939. The van der Waals surface area contributed by atoms with Crippen molar-refractivity contribution in [2.24, 2.45) is 0 Å². The van der Waals surface area contributed by atoms with Gasteiger partial charge in [-0.15, -0.1) is 0 Å². The van der Waals surface area contributed by atoms with Crippen molar-refractivity contribution in [2.45, 2.75) is 68.8 Å². The zero-order chi connectivity index (χ0) is 25.0. The summed E-state index contributed by atoms with van der Waals surface area (Å²) in [6.45, 7) is 5.84. The molecule has 1 amide bonds. The van der Waals surface area contributed by atoms with E-state index >= 15 is 0 Å². The lowest BCUT2D eigenvalue weighted by atomic mass is 9.63. The predicted octanol–water partition coefficient (Wildman–Crippen LogP) is 1.60. The number of hydrogen-bond acceptors (Lipinski definition) is 5. The second-order valence-electron chi connectivity index (χ2n) is 10.6. The average molecular weight is 473 g/mol. The molecule has 7 nitrogen and oxygen atoms in total. The molecule has 2 aromatic heterocycles. The van der Waals surface area contributed by atoms with Gasteiger partial charge in [0.1, 0.15) is 5.69 Å². The molecule has 5 heterocycles. The number of nitrogens with zero attached hydrogens (tertiary/aromatic N) is 3. The minimum absolute atomic E-state index is 0.0359. The highest BCUT2D eigenvalue weighted by Crippen LogP contribution is 2.54. The van der Waals surface area contributed by atoms with Crippen LogP contribution in [0.25, 0.3) is 0 Å². The first-order chi connectivity index (χ1) is 16.6. The first-order valence-electron chi connectivity index (χ1n) is 12.4. The van der Waals surface area contributed by atoms with E-state index in [0.717, 1.165) is 63.0 Å². The van der Waals surface area contributed by atoms with Crippen LogP contribution in [0.1, 0.15) is 61.3 Å². The summed E-state index contributed by atoms with van der Waals surface area (Å²) in [5.41, 5.74) is 2.33. The van der Waals surface area contributed by atoms with E-state index in [4.69, 9.17) is 15.7 Å². The molecule has 180 valence electrons. The van der Waals surface area contributed by atoms with Gasteiger partial charge < -0.3 is 15.2 Å². The monoisotopic (exact) mass is 473 g/mol. The van der Waals surface area contributed by atoms with E-state index in [1.807, 2.05) is 17.9 Å². The van der Waals surface area contributed by atoms with Gasteiger partial charge in [-0.3, -0.25) is 14.5 Å². The Bertz CT molecular complexity index is 1180. The number of carbonyl (C=O) groups excluding carboxylic acids is 1. The molecule has 0 aromatic carbocycles. The van der Waals surface area contributed by atoms with Crippen LogP contribution >= 0.6 is 0 Å². The molecule has 1 aliphatic carbocycles. The summed E-state index contributed by atoms with van der Waals surface area (Å²) >= 11 is 0. The number of H-pyrrole nitrogens is 1. The number of halogens is 1. The normalized spacial score (nSPS) is 24.9. The van der Waals surface area contributed by atoms with Crippen molar-refractivity contribution >= 4 is 27.3 Å². The number of pyridine rings is 2. The molecule has 6 rings (SSSR count). The van der Waals surface area contributed by atoms with Gasteiger partial charge in [-0.05, 0) is 55.6 Å². The van der Waals surface area contributed by atoms with E-state index in [0.29, 0.717) is 17.8 Å². The first kappa shape index (κ1) is 24.1. The van der Waals surface area contributed by atoms with Crippen LogP contribution in [-0.4, -0.2) is 73.5 Å². The number of carbonyl (C=O) groups is 1. The van der Waals surface area contributed by atoms with Gasteiger partial charge >= 0.3 is 0 Å². The number of fused-ring (bicyclic) bond motifs is 1. The van der Waals surface area contributed by atoms with Gasteiger partial charge in [0.25, 0.3) is 11.5 Å². The smallest absolute Gasteiger partial charge is 0.269 e. The number of hydrogen-bond donors (Lipinski definition) is 2. The molecule has 4 fully saturated rings. The standard InChI is InChI=1S/C25H30B2FN5O2/c1-3-15-4-7-20(30-22(15)34)25-12-17(13-25)33(14-25)16-8-10-32(11-9-16)19-6-5-18(29-21(19)28)23(35)31-24(2,26)27/h4-7,16-17H,3,8-14H2,1-2H3,(H,30,34)(H,31,35). The zero-order valence-electron chi connectivity index (χ0n) is 20.3. The summed E-state index contributed by atoms with van der Waals surface area (Å²) in [4.78, 5) is 36.1. The maximum atomic E-state index is 14.8. The minimum atomic E-state index is -1.40. The van der Waals surface area contributed by atoms with E-state index in [1.165, 1.54) is 13.0 Å². The van der Waals surface area contributed by atoms with E-state index in [-0.39, 0.29) is 16.7 Å². The van der Waals surface area contributed by atoms with Crippen LogP contribution in [0.3, 0.4) is 0 Å². The van der Waals surface area contributed by atoms with Gasteiger partial charge in [-0.2, -0.15) is 4.39 Å². The summed E-state index contributed by atoms with van der Waals surface area (Å²) in [5, 5.41) is 0.975. The molecule has 3 aliphatic heterocycles.